The highest BCUT2D eigenvalue weighted by atomic mass is 15.2. The van der Waals surface area contributed by atoms with Crippen LogP contribution >= 0.6 is 0 Å². The quantitative estimate of drug-likeness (QED) is 0.903. The van der Waals surface area contributed by atoms with Gasteiger partial charge in [-0.05, 0) is 44.4 Å². The van der Waals surface area contributed by atoms with Crippen molar-refractivity contribution in [2.24, 2.45) is 5.92 Å². The third-order valence-electron chi connectivity index (χ3n) is 3.93. The van der Waals surface area contributed by atoms with Gasteiger partial charge < -0.3 is 5.32 Å². The number of pyridine rings is 1. The molecular weight excluding hydrogens is 234 g/mol. The van der Waals surface area contributed by atoms with Gasteiger partial charge in [-0.3, -0.25) is 9.88 Å². The topological polar surface area (TPSA) is 28.2 Å². The molecule has 1 aliphatic rings. The standard InChI is InChI=1S/C16H27N3/c1-13(2)11-15-12-19(10-6-9-17-15)14(3)16-7-4-5-8-18-16/h4-5,7-8,13-15,17H,6,9-12H2,1-3H3. The maximum Gasteiger partial charge on any atom is 0.0572 e. The SMILES string of the molecule is CC(C)CC1CN(C(C)c2ccccn2)CCCN1. The number of hydrogen-bond acceptors (Lipinski definition) is 3. The van der Waals surface area contributed by atoms with Crippen molar-refractivity contribution in [1.29, 1.82) is 0 Å². The molecule has 0 aliphatic carbocycles. The first-order chi connectivity index (χ1) is 9.16. The van der Waals surface area contributed by atoms with Crippen molar-refractivity contribution in [2.75, 3.05) is 19.6 Å². The molecule has 3 nitrogen and oxygen atoms in total. The summed E-state index contributed by atoms with van der Waals surface area (Å²) in [7, 11) is 0. The highest BCUT2D eigenvalue weighted by Gasteiger charge is 2.23. The van der Waals surface area contributed by atoms with Crippen LogP contribution in [0.25, 0.3) is 0 Å². The number of nitrogens with one attached hydrogen (secondary N) is 1. The van der Waals surface area contributed by atoms with Crippen LogP contribution in [0.3, 0.4) is 0 Å². The molecule has 2 atom stereocenters. The third kappa shape index (κ3) is 4.29. The molecule has 1 aliphatic heterocycles. The van der Waals surface area contributed by atoms with Crippen molar-refractivity contribution in [3.63, 3.8) is 0 Å². The van der Waals surface area contributed by atoms with E-state index in [0.717, 1.165) is 19.0 Å². The summed E-state index contributed by atoms with van der Waals surface area (Å²) in [6, 6.07) is 7.24. The van der Waals surface area contributed by atoms with E-state index in [2.05, 4.69) is 48.1 Å². The predicted octanol–water partition coefficient (Wildman–Crippen LogP) is 2.85. The average Bonchev–Trinajstić information content (AvgIpc) is 2.64. The van der Waals surface area contributed by atoms with Crippen LogP contribution in [0.4, 0.5) is 0 Å². The van der Waals surface area contributed by atoms with Crippen LogP contribution in [0.2, 0.25) is 0 Å². The van der Waals surface area contributed by atoms with E-state index >= 15 is 0 Å². The van der Waals surface area contributed by atoms with Crippen LogP contribution in [0.5, 0.6) is 0 Å². The lowest BCUT2D eigenvalue weighted by atomic mass is 10.0. The molecular formula is C16H27N3. The molecule has 0 spiro atoms. The fraction of sp³-hybridized carbons (Fsp3) is 0.688. The Kier molecular flexibility index (Phi) is 5.34. The van der Waals surface area contributed by atoms with Crippen LogP contribution < -0.4 is 5.32 Å². The fourth-order valence-electron chi connectivity index (χ4n) is 2.92. The maximum absolute atomic E-state index is 4.51. The largest absolute Gasteiger partial charge is 0.313 e. The predicted molar refractivity (Wildman–Crippen MR) is 80.1 cm³/mol. The first kappa shape index (κ1) is 14.5. The average molecular weight is 261 g/mol. The Hall–Kier alpha value is -0.930. The Bertz CT molecular complexity index is 364. The van der Waals surface area contributed by atoms with Gasteiger partial charge in [0, 0.05) is 31.4 Å². The lowest BCUT2D eigenvalue weighted by molar-refractivity contribution is 0.196. The van der Waals surface area contributed by atoms with Crippen molar-refractivity contribution in [3.8, 4) is 0 Å². The van der Waals surface area contributed by atoms with Gasteiger partial charge in [-0.15, -0.1) is 0 Å². The molecule has 1 N–H and O–H groups in total. The Morgan fingerprint density at radius 3 is 2.89 bits per heavy atom. The van der Waals surface area contributed by atoms with Crippen LogP contribution in [0, 0.1) is 5.92 Å². The minimum Gasteiger partial charge on any atom is -0.313 e. The Balaban J connectivity index is 2.01. The molecule has 0 radical (unpaired) electrons. The minimum absolute atomic E-state index is 0.413. The van der Waals surface area contributed by atoms with Crippen molar-refractivity contribution in [2.45, 2.75) is 45.7 Å². The summed E-state index contributed by atoms with van der Waals surface area (Å²) < 4.78 is 0. The van der Waals surface area contributed by atoms with E-state index in [1.54, 1.807) is 0 Å². The molecule has 19 heavy (non-hydrogen) atoms. The van der Waals surface area contributed by atoms with E-state index in [1.165, 1.54) is 25.1 Å². The van der Waals surface area contributed by atoms with Gasteiger partial charge >= 0.3 is 0 Å². The van der Waals surface area contributed by atoms with Crippen LogP contribution in [0.15, 0.2) is 24.4 Å². The van der Waals surface area contributed by atoms with E-state index in [0.29, 0.717) is 12.1 Å². The number of nitrogens with zero attached hydrogens (tertiary/aromatic N) is 2. The zero-order valence-electron chi connectivity index (χ0n) is 12.5. The Morgan fingerprint density at radius 1 is 1.37 bits per heavy atom. The van der Waals surface area contributed by atoms with E-state index in [-0.39, 0.29) is 0 Å². The molecule has 0 aromatic carbocycles. The minimum atomic E-state index is 0.413. The molecule has 0 saturated carbocycles. The van der Waals surface area contributed by atoms with Gasteiger partial charge in [0.2, 0.25) is 0 Å². The summed E-state index contributed by atoms with van der Waals surface area (Å²) in [6.45, 7) is 10.3. The highest BCUT2D eigenvalue weighted by Crippen LogP contribution is 2.21. The monoisotopic (exact) mass is 261 g/mol. The zero-order chi connectivity index (χ0) is 13.7. The van der Waals surface area contributed by atoms with Gasteiger partial charge in [-0.2, -0.15) is 0 Å². The molecule has 1 aromatic rings. The summed E-state index contributed by atoms with van der Waals surface area (Å²) in [4.78, 5) is 7.09. The second-order valence-electron chi connectivity index (χ2n) is 6.06. The molecule has 2 heterocycles. The molecule has 0 bridgehead atoms. The van der Waals surface area contributed by atoms with E-state index in [4.69, 9.17) is 0 Å². The van der Waals surface area contributed by atoms with Crippen molar-refractivity contribution < 1.29 is 0 Å². The van der Waals surface area contributed by atoms with Crippen molar-refractivity contribution in [3.05, 3.63) is 30.1 Å². The van der Waals surface area contributed by atoms with Gasteiger partial charge in [0.1, 0.15) is 0 Å². The molecule has 3 heteroatoms. The van der Waals surface area contributed by atoms with E-state index in [9.17, 15) is 0 Å². The second kappa shape index (κ2) is 7.01. The first-order valence-corrected chi connectivity index (χ1v) is 7.55. The molecule has 2 unspecified atom stereocenters. The molecule has 2 rings (SSSR count). The Labute approximate surface area is 117 Å². The maximum atomic E-state index is 4.51. The molecule has 1 fully saturated rings. The normalized spacial score (nSPS) is 23.3. The fourth-order valence-corrected chi connectivity index (χ4v) is 2.92. The Morgan fingerprint density at radius 2 is 2.21 bits per heavy atom. The van der Waals surface area contributed by atoms with Gasteiger partial charge in [0.05, 0.1) is 5.69 Å². The lowest BCUT2D eigenvalue weighted by Gasteiger charge is -2.30. The number of aromatic nitrogens is 1. The first-order valence-electron chi connectivity index (χ1n) is 7.55. The van der Waals surface area contributed by atoms with Crippen molar-refractivity contribution >= 4 is 0 Å². The second-order valence-corrected chi connectivity index (χ2v) is 6.06. The summed E-state index contributed by atoms with van der Waals surface area (Å²) in [5.74, 6) is 0.752. The lowest BCUT2D eigenvalue weighted by Crippen LogP contribution is -2.39. The van der Waals surface area contributed by atoms with E-state index < -0.39 is 0 Å². The zero-order valence-corrected chi connectivity index (χ0v) is 12.5. The third-order valence-corrected chi connectivity index (χ3v) is 3.93. The molecule has 106 valence electrons. The van der Waals surface area contributed by atoms with Gasteiger partial charge in [0.15, 0.2) is 0 Å². The van der Waals surface area contributed by atoms with Gasteiger partial charge in [-0.1, -0.05) is 19.9 Å². The van der Waals surface area contributed by atoms with Crippen LogP contribution in [0.1, 0.15) is 45.3 Å². The summed E-state index contributed by atoms with van der Waals surface area (Å²) in [5, 5.41) is 3.69. The highest BCUT2D eigenvalue weighted by molar-refractivity contribution is 5.08. The van der Waals surface area contributed by atoms with Gasteiger partial charge in [0.25, 0.3) is 0 Å². The molecule has 1 aromatic heterocycles. The van der Waals surface area contributed by atoms with Crippen molar-refractivity contribution in [1.82, 2.24) is 15.2 Å². The summed E-state index contributed by atoms with van der Waals surface area (Å²) in [5.41, 5.74) is 1.19. The smallest absolute Gasteiger partial charge is 0.0572 e. The summed E-state index contributed by atoms with van der Waals surface area (Å²) in [6.07, 6.45) is 4.38. The van der Waals surface area contributed by atoms with Crippen LogP contribution in [-0.2, 0) is 0 Å². The number of hydrogen-bond donors (Lipinski definition) is 1. The molecule has 1 saturated heterocycles. The molecule has 0 amide bonds. The van der Waals surface area contributed by atoms with Gasteiger partial charge in [-0.25, -0.2) is 0 Å². The number of rotatable bonds is 4. The van der Waals surface area contributed by atoms with E-state index in [1.807, 2.05) is 12.3 Å². The summed E-state index contributed by atoms with van der Waals surface area (Å²) >= 11 is 0. The van der Waals surface area contributed by atoms with Crippen LogP contribution in [-0.4, -0.2) is 35.6 Å².